The second-order valence-electron chi connectivity index (χ2n) is 6.12. The van der Waals surface area contributed by atoms with E-state index in [1.165, 1.54) is 0 Å². The second-order valence-corrected chi connectivity index (χ2v) is 6.12. The molecule has 0 bridgehead atoms. The van der Waals surface area contributed by atoms with Gasteiger partial charge in [-0.05, 0) is 50.8 Å². The lowest BCUT2D eigenvalue weighted by Crippen LogP contribution is -2.54. The van der Waals surface area contributed by atoms with Crippen molar-refractivity contribution >= 4 is 17.6 Å². The Morgan fingerprint density at radius 2 is 1.79 bits per heavy atom. The molecule has 1 N–H and O–H groups in total. The Labute approximate surface area is 141 Å². The first kappa shape index (κ1) is 16.6. The van der Waals surface area contributed by atoms with Gasteiger partial charge in [-0.1, -0.05) is 0 Å². The van der Waals surface area contributed by atoms with E-state index in [0.717, 1.165) is 18.5 Å². The fraction of sp³-hybridized carbons (Fsp3) is 0.556. The van der Waals surface area contributed by atoms with E-state index >= 15 is 0 Å². The van der Waals surface area contributed by atoms with Crippen molar-refractivity contribution in [2.45, 2.75) is 38.1 Å². The summed E-state index contributed by atoms with van der Waals surface area (Å²) in [6.45, 7) is 3.88. The predicted molar refractivity (Wildman–Crippen MR) is 88.1 cm³/mol. The van der Waals surface area contributed by atoms with E-state index in [4.69, 9.17) is 14.2 Å². The molecule has 1 aliphatic carbocycles. The molecule has 130 valence electrons. The number of anilines is 1. The third-order valence-electron chi connectivity index (χ3n) is 4.72. The van der Waals surface area contributed by atoms with Crippen molar-refractivity contribution in [2.24, 2.45) is 5.92 Å². The molecule has 3 rings (SSSR count). The highest BCUT2D eigenvalue weighted by atomic mass is 16.6. The van der Waals surface area contributed by atoms with Crippen molar-refractivity contribution in [1.29, 1.82) is 0 Å². The van der Waals surface area contributed by atoms with Crippen molar-refractivity contribution in [2.75, 3.05) is 25.6 Å². The Balaban J connectivity index is 2.18. The standard InChI is InChI=1S/C18H23NO5/c1-4-23-16(20)18(17(21)24-5-2)13-10-12(22-3)8-9-14(13)19-15(18)11-6-7-11/h8-11,15,19H,4-7H2,1-3H3. The number of esters is 2. The Kier molecular flexibility index (Phi) is 4.39. The molecule has 6 nitrogen and oxygen atoms in total. The van der Waals surface area contributed by atoms with Crippen LogP contribution in [0.5, 0.6) is 5.75 Å². The van der Waals surface area contributed by atoms with E-state index in [0.29, 0.717) is 11.3 Å². The predicted octanol–water partition coefficient (Wildman–Crippen LogP) is 2.26. The molecule has 24 heavy (non-hydrogen) atoms. The molecule has 0 spiro atoms. The van der Waals surface area contributed by atoms with Crippen LogP contribution < -0.4 is 10.1 Å². The van der Waals surface area contributed by atoms with Crippen LogP contribution in [0.4, 0.5) is 5.69 Å². The van der Waals surface area contributed by atoms with Crippen molar-refractivity contribution in [3.8, 4) is 5.75 Å². The number of ether oxygens (including phenoxy) is 3. The number of benzene rings is 1. The smallest absolute Gasteiger partial charge is 0.330 e. The summed E-state index contributed by atoms with van der Waals surface area (Å²) in [4.78, 5) is 26.0. The first-order chi connectivity index (χ1) is 11.6. The Hall–Kier alpha value is -2.24. The summed E-state index contributed by atoms with van der Waals surface area (Å²) >= 11 is 0. The molecular weight excluding hydrogens is 310 g/mol. The molecule has 2 aliphatic rings. The molecule has 0 amide bonds. The summed E-state index contributed by atoms with van der Waals surface area (Å²) in [5.41, 5.74) is -0.138. The maximum Gasteiger partial charge on any atom is 0.330 e. The summed E-state index contributed by atoms with van der Waals surface area (Å²) in [6.07, 6.45) is 1.95. The van der Waals surface area contributed by atoms with Crippen molar-refractivity contribution in [3.63, 3.8) is 0 Å². The Morgan fingerprint density at radius 1 is 1.17 bits per heavy atom. The van der Waals surface area contributed by atoms with Gasteiger partial charge in [0.25, 0.3) is 0 Å². The van der Waals surface area contributed by atoms with E-state index in [1.807, 2.05) is 12.1 Å². The topological polar surface area (TPSA) is 73.9 Å². The van der Waals surface area contributed by atoms with E-state index in [9.17, 15) is 9.59 Å². The summed E-state index contributed by atoms with van der Waals surface area (Å²) in [7, 11) is 1.55. The monoisotopic (exact) mass is 333 g/mol. The summed E-state index contributed by atoms with van der Waals surface area (Å²) < 4.78 is 15.9. The van der Waals surface area contributed by atoms with Crippen molar-refractivity contribution < 1.29 is 23.8 Å². The number of fused-ring (bicyclic) bond motifs is 1. The number of nitrogens with one attached hydrogen (secondary N) is 1. The normalized spacial score (nSPS) is 20.7. The van der Waals surface area contributed by atoms with Crippen molar-refractivity contribution in [1.82, 2.24) is 0 Å². The van der Waals surface area contributed by atoms with Crippen LogP contribution in [0, 0.1) is 5.92 Å². The first-order valence-electron chi connectivity index (χ1n) is 8.39. The summed E-state index contributed by atoms with van der Waals surface area (Å²) in [6, 6.07) is 5.03. The van der Waals surface area contributed by atoms with Crippen LogP contribution in [0.1, 0.15) is 32.3 Å². The SMILES string of the molecule is CCOC(=O)C1(C(=O)OCC)c2cc(OC)ccc2NC1C1CC1. The van der Waals surface area contributed by atoms with E-state index in [1.54, 1.807) is 27.0 Å². The van der Waals surface area contributed by atoms with Crippen LogP contribution in [0.2, 0.25) is 0 Å². The second kappa shape index (κ2) is 6.34. The van der Waals surface area contributed by atoms with Gasteiger partial charge in [0, 0.05) is 11.3 Å². The van der Waals surface area contributed by atoms with Gasteiger partial charge in [0.05, 0.1) is 26.4 Å². The fourth-order valence-electron chi connectivity index (χ4n) is 3.49. The molecule has 0 saturated heterocycles. The molecule has 1 heterocycles. The number of carbonyl (C=O) groups is 2. The average Bonchev–Trinajstić information content (AvgIpc) is 3.36. The molecule has 1 fully saturated rings. The third kappa shape index (κ3) is 2.41. The maximum atomic E-state index is 13.0. The number of methoxy groups -OCH3 is 1. The lowest BCUT2D eigenvalue weighted by molar-refractivity contribution is -0.165. The zero-order valence-electron chi connectivity index (χ0n) is 14.3. The minimum atomic E-state index is -1.48. The van der Waals surface area contributed by atoms with Crippen LogP contribution >= 0.6 is 0 Å². The van der Waals surface area contributed by atoms with Gasteiger partial charge in [-0.2, -0.15) is 0 Å². The molecule has 1 aromatic rings. The van der Waals surface area contributed by atoms with Gasteiger partial charge in [-0.15, -0.1) is 0 Å². The molecule has 0 aromatic heterocycles. The molecule has 1 unspecified atom stereocenters. The van der Waals surface area contributed by atoms with Gasteiger partial charge < -0.3 is 19.5 Å². The minimum Gasteiger partial charge on any atom is -0.497 e. The van der Waals surface area contributed by atoms with Crippen molar-refractivity contribution in [3.05, 3.63) is 23.8 Å². The number of carbonyl (C=O) groups excluding carboxylic acids is 2. The molecule has 1 atom stereocenters. The molecule has 1 saturated carbocycles. The van der Waals surface area contributed by atoms with E-state index in [-0.39, 0.29) is 25.2 Å². The van der Waals surface area contributed by atoms with Gasteiger partial charge in [0.2, 0.25) is 5.41 Å². The minimum absolute atomic E-state index is 0.205. The summed E-state index contributed by atoms with van der Waals surface area (Å²) in [5.74, 6) is -0.276. The fourth-order valence-corrected chi connectivity index (χ4v) is 3.49. The highest BCUT2D eigenvalue weighted by Crippen LogP contribution is 2.52. The Bertz CT molecular complexity index is 635. The highest BCUT2D eigenvalue weighted by molar-refractivity contribution is 6.11. The lowest BCUT2D eigenvalue weighted by Gasteiger charge is -2.31. The quantitative estimate of drug-likeness (QED) is 0.636. The number of rotatable bonds is 6. The maximum absolute atomic E-state index is 13.0. The van der Waals surface area contributed by atoms with Gasteiger partial charge >= 0.3 is 11.9 Å². The van der Waals surface area contributed by atoms with Crippen LogP contribution in [0.25, 0.3) is 0 Å². The van der Waals surface area contributed by atoms with Gasteiger partial charge in [0.1, 0.15) is 5.75 Å². The molecule has 6 heteroatoms. The molecule has 0 radical (unpaired) electrons. The van der Waals surface area contributed by atoms with Gasteiger partial charge in [-0.3, -0.25) is 9.59 Å². The summed E-state index contributed by atoms with van der Waals surface area (Å²) in [5, 5.41) is 3.36. The zero-order chi connectivity index (χ0) is 17.3. The molecule has 1 aliphatic heterocycles. The lowest BCUT2D eigenvalue weighted by atomic mass is 9.74. The van der Waals surface area contributed by atoms with E-state index in [2.05, 4.69) is 5.32 Å². The van der Waals surface area contributed by atoms with E-state index < -0.39 is 17.4 Å². The zero-order valence-corrected chi connectivity index (χ0v) is 14.3. The highest BCUT2D eigenvalue weighted by Gasteiger charge is 2.64. The van der Waals surface area contributed by atoms with Gasteiger partial charge in [0.15, 0.2) is 0 Å². The Morgan fingerprint density at radius 3 is 2.29 bits per heavy atom. The molecular formula is C18H23NO5. The first-order valence-corrected chi connectivity index (χ1v) is 8.39. The van der Waals surface area contributed by atoms with Crippen LogP contribution in [0.3, 0.4) is 0 Å². The largest absolute Gasteiger partial charge is 0.497 e. The van der Waals surface area contributed by atoms with Crippen LogP contribution in [0.15, 0.2) is 18.2 Å². The van der Waals surface area contributed by atoms with Crippen LogP contribution in [-0.2, 0) is 24.5 Å². The van der Waals surface area contributed by atoms with Gasteiger partial charge in [-0.25, -0.2) is 0 Å². The average molecular weight is 333 g/mol. The number of hydrogen-bond acceptors (Lipinski definition) is 6. The number of hydrogen-bond donors (Lipinski definition) is 1. The molecule has 1 aromatic carbocycles. The third-order valence-corrected chi connectivity index (χ3v) is 4.72. The van der Waals surface area contributed by atoms with Crippen LogP contribution in [-0.4, -0.2) is 38.3 Å².